The zero-order valence-electron chi connectivity index (χ0n) is 26.2. The molecule has 49 heavy (non-hydrogen) atoms. The molecule has 5 heteroatoms. The summed E-state index contributed by atoms with van der Waals surface area (Å²) in [5.74, 6) is 0.744. The van der Waals surface area contributed by atoms with Gasteiger partial charge in [-0.05, 0) is 82.2 Å². The molecule has 0 bridgehead atoms. The fourth-order valence-corrected chi connectivity index (χ4v) is 6.98. The van der Waals surface area contributed by atoms with E-state index in [-0.39, 0.29) is 0 Å². The molecule has 6 aromatic carbocycles. The number of furan rings is 2. The molecule has 0 saturated heterocycles. The van der Waals surface area contributed by atoms with Crippen molar-refractivity contribution in [2.24, 2.45) is 0 Å². The number of pyridine rings is 2. The molecule has 0 atom stereocenters. The normalized spacial score (nSPS) is 11.7. The molecular formula is C44H27N3O2. The van der Waals surface area contributed by atoms with Crippen LogP contribution in [0.5, 0.6) is 0 Å². The summed E-state index contributed by atoms with van der Waals surface area (Å²) in [4.78, 5) is 12.3. The quantitative estimate of drug-likeness (QED) is 0.190. The minimum atomic E-state index is 0.698. The third kappa shape index (κ3) is 4.48. The van der Waals surface area contributed by atoms with Gasteiger partial charge in [0.2, 0.25) is 0 Å². The molecule has 0 aliphatic rings. The summed E-state index contributed by atoms with van der Waals surface area (Å²) in [6.07, 6.45) is 1.85. The highest BCUT2D eigenvalue weighted by molar-refractivity contribution is 6.11. The van der Waals surface area contributed by atoms with Gasteiger partial charge in [0.25, 0.3) is 0 Å². The third-order valence-corrected chi connectivity index (χ3v) is 9.32. The minimum absolute atomic E-state index is 0.698. The van der Waals surface area contributed by atoms with E-state index in [0.717, 1.165) is 77.6 Å². The third-order valence-electron chi connectivity index (χ3n) is 9.32. The maximum Gasteiger partial charge on any atom is 0.177 e. The highest BCUT2D eigenvalue weighted by atomic mass is 16.3. The lowest BCUT2D eigenvalue weighted by Gasteiger charge is -2.26. The van der Waals surface area contributed by atoms with Crippen LogP contribution in [0.15, 0.2) is 173 Å². The second-order valence-electron chi connectivity index (χ2n) is 12.2. The average Bonchev–Trinajstić information content (AvgIpc) is 3.74. The molecule has 0 aliphatic heterocycles. The van der Waals surface area contributed by atoms with Crippen molar-refractivity contribution in [1.29, 1.82) is 0 Å². The van der Waals surface area contributed by atoms with E-state index in [1.54, 1.807) is 0 Å². The van der Waals surface area contributed by atoms with Crippen molar-refractivity contribution in [3.05, 3.63) is 164 Å². The van der Waals surface area contributed by atoms with Gasteiger partial charge in [-0.3, -0.25) is 9.88 Å². The molecule has 230 valence electrons. The summed E-state index contributed by atoms with van der Waals surface area (Å²) in [6, 6.07) is 54.4. The Kier molecular flexibility index (Phi) is 6.11. The first-order chi connectivity index (χ1) is 24.3. The first-order valence-corrected chi connectivity index (χ1v) is 16.3. The van der Waals surface area contributed by atoms with Crippen LogP contribution in [0.1, 0.15) is 0 Å². The van der Waals surface area contributed by atoms with Crippen LogP contribution in [0.25, 0.3) is 77.2 Å². The fraction of sp³-hybridized carbons (Fsp3) is 0. The van der Waals surface area contributed by atoms with Crippen molar-refractivity contribution >= 4 is 72.1 Å². The number of fused-ring (bicyclic) bond motifs is 7. The lowest BCUT2D eigenvalue weighted by Crippen LogP contribution is -2.13. The van der Waals surface area contributed by atoms with E-state index in [4.69, 9.17) is 18.8 Å². The highest BCUT2D eigenvalue weighted by Gasteiger charge is 2.24. The molecule has 10 rings (SSSR count). The molecule has 0 saturated carbocycles. The Bertz CT molecular complexity index is 2830. The molecule has 0 N–H and O–H groups in total. The van der Waals surface area contributed by atoms with Gasteiger partial charge < -0.3 is 8.83 Å². The van der Waals surface area contributed by atoms with Crippen LogP contribution in [0.2, 0.25) is 0 Å². The van der Waals surface area contributed by atoms with Gasteiger partial charge in [-0.1, -0.05) is 103 Å². The van der Waals surface area contributed by atoms with Gasteiger partial charge in [0.15, 0.2) is 11.2 Å². The van der Waals surface area contributed by atoms with Crippen molar-refractivity contribution in [1.82, 2.24) is 9.97 Å². The van der Waals surface area contributed by atoms with Crippen molar-refractivity contribution in [3.8, 4) is 22.3 Å². The van der Waals surface area contributed by atoms with Crippen LogP contribution in [0.3, 0.4) is 0 Å². The second kappa shape index (κ2) is 10.9. The first kappa shape index (κ1) is 27.4. The van der Waals surface area contributed by atoms with Gasteiger partial charge in [-0.2, -0.15) is 0 Å². The largest absolute Gasteiger partial charge is 0.454 e. The van der Waals surface area contributed by atoms with E-state index < -0.39 is 0 Å². The number of nitrogens with zero attached hydrogens (tertiary/aromatic N) is 3. The molecule has 4 aromatic heterocycles. The van der Waals surface area contributed by atoms with E-state index in [0.29, 0.717) is 5.58 Å². The lowest BCUT2D eigenvalue weighted by molar-refractivity contribution is 0.667. The van der Waals surface area contributed by atoms with Crippen LogP contribution < -0.4 is 4.90 Å². The number of hydrogen-bond donors (Lipinski definition) is 0. The van der Waals surface area contributed by atoms with E-state index in [9.17, 15) is 0 Å². The standard InChI is InChI=1S/C44H27N3O2/c1-2-10-28(11-3-1)29-18-20-30(21-19-29)32-26-31-12-4-5-13-33(31)37(27-32)47(36-24-25-45-43-35-15-7-9-17-39(35)49-44(36)43)41-23-22-40-42(46-41)34-14-6-8-16-38(34)48-40/h1-27H. The molecule has 0 amide bonds. The zero-order chi connectivity index (χ0) is 32.3. The first-order valence-electron chi connectivity index (χ1n) is 16.3. The van der Waals surface area contributed by atoms with Gasteiger partial charge in [0, 0.05) is 22.4 Å². The van der Waals surface area contributed by atoms with E-state index in [1.807, 2.05) is 66.9 Å². The number of benzene rings is 6. The Morgan fingerprint density at radius 2 is 1.06 bits per heavy atom. The summed E-state index contributed by atoms with van der Waals surface area (Å²) in [5.41, 5.74) is 11.1. The Labute approximate surface area is 281 Å². The number of para-hydroxylation sites is 2. The Morgan fingerprint density at radius 3 is 1.86 bits per heavy atom. The molecule has 5 nitrogen and oxygen atoms in total. The summed E-state index contributed by atoms with van der Waals surface area (Å²) in [6.45, 7) is 0. The lowest BCUT2D eigenvalue weighted by atomic mass is 9.96. The Balaban J connectivity index is 1.24. The van der Waals surface area contributed by atoms with Crippen molar-refractivity contribution in [2.75, 3.05) is 4.90 Å². The average molecular weight is 630 g/mol. The Hall–Kier alpha value is -6.72. The van der Waals surface area contributed by atoms with E-state index >= 15 is 0 Å². The highest BCUT2D eigenvalue weighted by Crippen LogP contribution is 2.45. The number of anilines is 3. The molecule has 4 heterocycles. The zero-order valence-corrected chi connectivity index (χ0v) is 26.2. The van der Waals surface area contributed by atoms with Gasteiger partial charge in [0.1, 0.15) is 28.0 Å². The number of rotatable bonds is 5. The maximum absolute atomic E-state index is 6.58. The van der Waals surface area contributed by atoms with Crippen LogP contribution in [0.4, 0.5) is 17.2 Å². The van der Waals surface area contributed by atoms with Gasteiger partial charge in [0.05, 0.1) is 11.4 Å². The Morgan fingerprint density at radius 1 is 0.429 bits per heavy atom. The van der Waals surface area contributed by atoms with Crippen LogP contribution in [-0.2, 0) is 0 Å². The fourth-order valence-electron chi connectivity index (χ4n) is 6.98. The molecule has 0 aliphatic carbocycles. The van der Waals surface area contributed by atoms with Crippen molar-refractivity contribution in [2.45, 2.75) is 0 Å². The monoisotopic (exact) mass is 629 g/mol. The van der Waals surface area contributed by atoms with Gasteiger partial charge in [-0.15, -0.1) is 0 Å². The molecular weight excluding hydrogens is 603 g/mol. The molecule has 0 unspecified atom stereocenters. The summed E-state index contributed by atoms with van der Waals surface area (Å²) in [5, 5.41) is 4.16. The summed E-state index contributed by atoms with van der Waals surface area (Å²) < 4.78 is 12.8. The topological polar surface area (TPSA) is 55.3 Å². The maximum atomic E-state index is 6.58. The molecule has 0 spiro atoms. The molecule has 10 aromatic rings. The predicted octanol–water partition coefficient (Wildman–Crippen LogP) is 12.2. The molecule has 0 fully saturated rings. The predicted molar refractivity (Wildman–Crippen MR) is 200 cm³/mol. The number of hydrogen-bond acceptors (Lipinski definition) is 5. The van der Waals surface area contributed by atoms with Gasteiger partial charge in [-0.25, -0.2) is 4.98 Å². The minimum Gasteiger partial charge on any atom is -0.454 e. The van der Waals surface area contributed by atoms with Crippen LogP contribution in [0, 0.1) is 0 Å². The summed E-state index contributed by atoms with van der Waals surface area (Å²) in [7, 11) is 0. The second-order valence-corrected chi connectivity index (χ2v) is 12.2. The van der Waals surface area contributed by atoms with E-state index in [1.165, 1.54) is 11.1 Å². The van der Waals surface area contributed by atoms with Crippen molar-refractivity contribution in [3.63, 3.8) is 0 Å². The summed E-state index contributed by atoms with van der Waals surface area (Å²) >= 11 is 0. The van der Waals surface area contributed by atoms with Crippen molar-refractivity contribution < 1.29 is 8.83 Å². The van der Waals surface area contributed by atoms with Gasteiger partial charge >= 0.3 is 0 Å². The SMILES string of the molecule is c1ccc(-c2ccc(-c3cc(N(c4ccc5oc6ccccc6c5n4)c4ccnc5c4oc4ccccc45)c4ccccc4c3)cc2)cc1. The molecule has 0 radical (unpaired) electrons. The number of aromatic nitrogens is 2. The van der Waals surface area contributed by atoms with Crippen LogP contribution >= 0.6 is 0 Å². The smallest absolute Gasteiger partial charge is 0.177 e. The van der Waals surface area contributed by atoms with Crippen LogP contribution in [-0.4, -0.2) is 9.97 Å². The van der Waals surface area contributed by atoms with E-state index in [2.05, 4.69) is 102 Å².